The van der Waals surface area contributed by atoms with Crippen LogP contribution in [0.1, 0.15) is 87.6 Å². The van der Waals surface area contributed by atoms with Crippen LogP contribution in [0.2, 0.25) is 0 Å². The Morgan fingerprint density at radius 3 is 2.59 bits per heavy atom. The first kappa shape index (κ1) is 27.5. The Balaban J connectivity index is 1.32. The molecule has 1 aliphatic carbocycles. The van der Waals surface area contributed by atoms with Crippen molar-refractivity contribution in [1.29, 1.82) is 0 Å². The molecule has 39 heavy (non-hydrogen) atoms. The fraction of sp³-hybridized carbons (Fsp3) is 0.586. The molecule has 210 valence electrons. The molecule has 1 aliphatic heterocycles. The third kappa shape index (κ3) is 5.92. The van der Waals surface area contributed by atoms with E-state index >= 15 is 0 Å². The highest BCUT2D eigenvalue weighted by Crippen LogP contribution is 2.35. The van der Waals surface area contributed by atoms with E-state index in [9.17, 15) is 9.90 Å². The number of rotatable bonds is 9. The number of carbonyl (C=O) groups is 1. The smallest absolute Gasteiger partial charge is 0.270 e. The van der Waals surface area contributed by atoms with Gasteiger partial charge in [0.15, 0.2) is 0 Å². The van der Waals surface area contributed by atoms with Gasteiger partial charge in [-0.1, -0.05) is 19.8 Å². The van der Waals surface area contributed by atoms with Crippen molar-refractivity contribution in [2.45, 2.75) is 83.1 Å². The molecule has 0 bridgehead atoms. The molecule has 2 unspecified atom stereocenters. The minimum absolute atomic E-state index is 0.0289. The van der Waals surface area contributed by atoms with Gasteiger partial charge >= 0.3 is 0 Å². The van der Waals surface area contributed by atoms with Crippen molar-refractivity contribution < 1.29 is 9.90 Å². The lowest BCUT2D eigenvalue weighted by Crippen LogP contribution is -2.44. The van der Waals surface area contributed by atoms with E-state index < -0.39 is 6.23 Å². The topological polar surface area (TPSA) is 111 Å². The zero-order chi connectivity index (χ0) is 27.7. The van der Waals surface area contributed by atoms with E-state index in [1.165, 1.54) is 0 Å². The standard InChI is InChI=1S/C29H42N8O2/c1-6-36(18-21-13-14-29(2,3)34-21)26(38)19-11-12-24(30-16-19)32-28-31-17-20-15-23(27(39)35(4)5)37(25(20)33-28)22-9-7-8-10-22/h11-12,15-17,21-22,26,34,38H,6-10,13-14,18H2,1-5H3,(H,30,31,32,33). The van der Waals surface area contributed by atoms with E-state index in [0.717, 1.165) is 68.2 Å². The van der Waals surface area contributed by atoms with Gasteiger partial charge < -0.3 is 25.2 Å². The van der Waals surface area contributed by atoms with Crippen molar-refractivity contribution >= 4 is 28.7 Å². The number of anilines is 2. The van der Waals surface area contributed by atoms with Crippen molar-refractivity contribution in [2.24, 2.45) is 0 Å². The molecule has 3 aromatic heterocycles. The number of aliphatic hydroxyl groups is 1. The van der Waals surface area contributed by atoms with Crippen LogP contribution in [0.3, 0.4) is 0 Å². The maximum absolute atomic E-state index is 13.0. The van der Waals surface area contributed by atoms with Crippen molar-refractivity contribution in [2.75, 3.05) is 32.5 Å². The van der Waals surface area contributed by atoms with Crippen LogP contribution in [0.25, 0.3) is 11.0 Å². The third-order valence-electron chi connectivity index (χ3n) is 8.13. The summed E-state index contributed by atoms with van der Waals surface area (Å²) in [6.07, 6.45) is 9.38. The van der Waals surface area contributed by atoms with Crippen molar-refractivity contribution in [3.63, 3.8) is 0 Å². The van der Waals surface area contributed by atoms with Gasteiger partial charge in [0, 0.05) is 61.6 Å². The number of aromatic nitrogens is 4. The molecule has 2 fully saturated rings. The van der Waals surface area contributed by atoms with E-state index in [2.05, 4.69) is 50.8 Å². The fourth-order valence-electron chi connectivity index (χ4n) is 6.01. The van der Waals surface area contributed by atoms with Crippen LogP contribution in [-0.4, -0.2) is 79.1 Å². The van der Waals surface area contributed by atoms with Gasteiger partial charge in [-0.05, 0) is 64.3 Å². The summed E-state index contributed by atoms with van der Waals surface area (Å²) in [5, 5.41) is 18.8. The largest absolute Gasteiger partial charge is 0.374 e. The number of likely N-dealkylation sites (N-methyl/N-ethyl adjacent to an activating group) is 1. The lowest BCUT2D eigenvalue weighted by Gasteiger charge is -2.30. The number of amides is 1. The lowest BCUT2D eigenvalue weighted by atomic mass is 10.0. The molecule has 0 aromatic carbocycles. The summed E-state index contributed by atoms with van der Waals surface area (Å²) in [5.74, 6) is 0.990. The van der Waals surface area contributed by atoms with E-state index in [1.54, 1.807) is 31.4 Å². The number of carbonyl (C=O) groups excluding carboxylic acids is 1. The molecule has 1 saturated heterocycles. The SMILES string of the molecule is CCN(CC1CCC(C)(C)N1)C(O)c1ccc(Nc2ncc3cc(C(=O)N(C)C)n(C4CCCC4)c3n2)nc1. The second-order valence-electron chi connectivity index (χ2n) is 11.8. The van der Waals surface area contributed by atoms with Gasteiger partial charge in [-0.3, -0.25) is 9.69 Å². The normalized spacial score (nSPS) is 20.1. The summed E-state index contributed by atoms with van der Waals surface area (Å²) < 4.78 is 2.10. The van der Waals surface area contributed by atoms with E-state index in [-0.39, 0.29) is 17.5 Å². The van der Waals surface area contributed by atoms with Crippen LogP contribution in [-0.2, 0) is 0 Å². The fourth-order valence-corrected chi connectivity index (χ4v) is 6.01. The van der Waals surface area contributed by atoms with E-state index in [4.69, 9.17) is 4.98 Å². The first-order valence-corrected chi connectivity index (χ1v) is 14.2. The molecule has 3 N–H and O–H groups in total. The molecule has 5 rings (SSSR count). The Hall–Kier alpha value is -3.08. The first-order chi connectivity index (χ1) is 18.6. The lowest BCUT2D eigenvalue weighted by molar-refractivity contribution is -0.000386. The highest BCUT2D eigenvalue weighted by atomic mass is 16.3. The Morgan fingerprint density at radius 2 is 1.97 bits per heavy atom. The molecular formula is C29H42N8O2. The third-order valence-corrected chi connectivity index (χ3v) is 8.13. The Morgan fingerprint density at radius 1 is 1.21 bits per heavy atom. The van der Waals surface area contributed by atoms with Gasteiger partial charge in [0.05, 0.1) is 0 Å². The second kappa shape index (κ2) is 11.2. The molecular weight excluding hydrogens is 492 g/mol. The number of aliphatic hydroxyl groups excluding tert-OH is 1. The van der Waals surface area contributed by atoms with Gasteiger partial charge in [0.2, 0.25) is 5.95 Å². The van der Waals surface area contributed by atoms with Gasteiger partial charge in [-0.15, -0.1) is 0 Å². The molecule has 2 atom stereocenters. The zero-order valence-corrected chi connectivity index (χ0v) is 23.8. The summed E-state index contributed by atoms with van der Waals surface area (Å²) in [5.41, 5.74) is 2.32. The van der Waals surface area contributed by atoms with Crippen molar-refractivity contribution in [3.05, 3.63) is 41.9 Å². The predicted octanol–water partition coefficient (Wildman–Crippen LogP) is 4.23. The summed E-state index contributed by atoms with van der Waals surface area (Å²) in [6, 6.07) is 6.26. The molecule has 3 aromatic rings. The Kier molecular flexibility index (Phi) is 7.89. The number of pyridine rings is 1. The zero-order valence-electron chi connectivity index (χ0n) is 23.8. The summed E-state index contributed by atoms with van der Waals surface area (Å²) in [7, 11) is 3.55. The Labute approximate surface area is 230 Å². The molecule has 0 spiro atoms. The average molecular weight is 535 g/mol. The summed E-state index contributed by atoms with van der Waals surface area (Å²) in [6.45, 7) is 8.05. The highest BCUT2D eigenvalue weighted by Gasteiger charge is 2.32. The minimum Gasteiger partial charge on any atom is -0.374 e. The molecule has 4 heterocycles. The molecule has 10 heteroatoms. The maximum atomic E-state index is 13.0. The van der Waals surface area contributed by atoms with Crippen molar-refractivity contribution in [3.8, 4) is 0 Å². The molecule has 1 amide bonds. The first-order valence-electron chi connectivity index (χ1n) is 14.2. The average Bonchev–Trinajstić information content (AvgIpc) is 3.65. The summed E-state index contributed by atoms with van der Waals surface area (Å²) >= 11 is 0. The quantitative estimate of drug-likeness (QED) is 0.350. The monoisotopic (exact) mass is 534 g/mol. The Bertz CT molecular complexity index is 1300. The van der Waals surface area contributed by atoms with Crippen molar-refractivity contribution in [1.82, 2.24) is 34.6 Å². The van der Waals surface area contributed by atoms with Gasteiger partial charge in [-0.25, -0.2) is 9.97 Å². The van der Waals surface area contributed by atoms with Crippen LogP contribution in [0.5, 0.6) is 0 Å². The maximum Gasteiger partial charge on any atom is 0.270 e. The molecule has 10 nitrogen and oxygen atoms in total. The predicted molar refractivity (Wildman–Crippen MR) is 153 cm³/mol. The van der Waals surface area contributed by atoms with Gasteiger partial charge in [0.1, 0.15) is 23.4 Å². The van der Waals surface area contributed by atoms with Crippen LogP contribution >= 0.6 is 0 Å². The number of nitrogens with one attached hydrogen (secondary N) is 2. The molecule has 2 aliphatic rings. The van der Waals surface area contributed by atoms with E-state index in [1.807, 2.05) is 18.2 Å². The summed E-state index contributed by atoms with van der Waals surface area (Å²) in [4.78, 5) is 30.5. The number of nitrogens with zero attached hydrogens (tertiary/aromatic N) is 6. The van der Waals surface area contributed by atoms with Gasteiger partial charge in [-0.2, -0.15) is 4.98 Å². The number of hydrogen-bond donors (Lipinski definition) is 3. The van der Waals surface area contributed by atoms with Crippen LogP contribution in [0.4, 0.5) is 11.8 Å². The second-order valence-corrected chi connectivity index (χ2v) is 11.8. The van der Waals surface area contributed by atoms with Crippen LogP contribution in [0.15, 0.2) is 30.6 Å². The molecule has 1 saturated carbocycles. The minimum atomic E-state index is -0.725. The number of hydrogen-bond acceptors (Lipinski definition) is 8. The molecule has 0 radical (unpaired) electrons. The van der Waals surface area contributed by atoms with E-state index in [0.29, 0.717) is 23.5 Å². The highest BCUT2D eigenvalue weighted by molar-refractivity contribution is 5.97. The van der Waals surface area contributed by atoms with Gasteiger partial charge in [0.25, 0.3) is 5.91 Å². The van der Waals surface area contributed by atoms with Crippen LogP contribution in [0, 0.1) is 0 Å². The van der Waals surface area contributed by atoms with Crippen LogP contribution < -0.4 is 10.6 Å². The number of fused-ring (bicyclic) bond motifs is 1.